The Morgan fingerprint density at radius 3 is 2.58 bits per heavy atom. The Morgan fingerprint density at radius 1 is 1.26 bits per heavy atom. The van der Waals surface area contributed by atoms with Crippen LogP contribution in [0, 0.1) is 0 Å². The number of nitrogens with zero attached hydrogens (tertiary/aromatic N) is 2. The molecule has 0 bridgehead atoms. The predicted molar refractivity (Wildman–Crippen MR) is 75.1 cm³/mol. The Morgan fingerprint density at radius 2 is 2.00 bits per heavy atom. The number of anilines is 1. The number of rotatable bonds is 5. The van der Waals surface area contributed by atoms with E-state index in [1.54, 1.807) is 20.4 Å². The summed E-state index contributed by atoms with van der Waals surface area (Å²) in [6, 6.07) is 5.65. The molecule has 1 heterocycles. The molecule has 0 atom stereocenters. The Labute approximate surface area is 117 Å². The average Bonchev–Trinajstić information content (AvgIpc) is 2.76. The molecule has 19 heavy (non-hydrogen) atoms. The number of ether oxygens (including phenoxy) is 2. The number of aromatic nitrogens is 2. The Bertz CT molecular complexity index is 569. The summed E-state index contributed by atoms with van der Waals surface area (Å²) in [7, 11) is 5.10. The first-order chi connectivity index (χ1) is 9.15. The molecule has 0 unspecified atom stereocenters. The van der Waals surface area contributed by atoms with Crippen LogP contribution < -0.4 is 14.8 Å². The molecule has 1 aromatic carbocycles. The molecule has 0 spiro atoms. The van der Waals surface area contributed by atoms with E-state index in [-0.39, 0.29) is 0 Å². The summed E-state index contributed by atoms with van der Waals surface area (Å²) in [5.41, 5.74) is 0.928. The third-order valence-electron chi connectivity index (χ3n) is 2.86. The molecule has 6 heteroatoms. The van der Waals surface area contributed by atoms with E-state index < -0.39 is 0 Å². The van der Waals surface area contributed by atoms with Gasteiger partial charge in [-0.3, -0.25) is 0 Å². The molecular weight excluding hydrogens is 266 g/mol. The maximum absolute atomic E-state index is 5.93. The third-order valence-corrected chi connectivity index (χ3v) is 3.21. The van der Waals surface area contributed by atoms with Crippen LogP contribution in [-0.4, -0.2) is 23.8 Å². The van der Waals surface area contributed by atoms with E-state index in [0.29, 0.717) is 23.2 Å². The second-order valence-corrected chi connectivity index (χ2v) is 4.37. The summed E-state index contributed by atoms with van der Waals surface area (Å²) < 4.78 is 12.3. The lowest BCUT2D eigenvalue weighted by Crippen LogP contribution is -2.06. The number of halogens is 1. The number of nitrogens with one attached hydrogen (secondary N) is 1. The second kappa shape index (κ2) is 5.84. The van der Waals surface area contributed by atoms with Crippen molar-refractivity contribution in [3.8, 4) is 11.5 Å². The van der Waals surface area contributed by atoms with Crippen molar-refractivity contribution in [2.24, 2.45) is 7.05 Å². The van der Waals surface area contributed by atoms with E-state index in [2.05, 4.69) is 10.3 Å². The minimum absolute atomic E-state index is 0.582. The largest absolute Gasteiger partial charge is 0.493 e. The van der Waals surface area contributed by atoms with Crippen molar-refractivity contribution >= 4 is 17.3 Å². The van der Waals surface area contributed by atoms with Crippen LogP contribution in [0.5, 0.6) is 11.5 Å². The van der Waals surface area contributed by atoms with Gasteiger partial charge in [-0.1, -0.05) is 11.6 Å². The molecule has 5 nitrogen and oxygen atoms in total. The lowest BCUT2D eigenvalue weighted by molar-refractivity contribution is 0.355. The molecule has 0 radical (unpaired) electrons. The Hall–Kier alpha value is -1.88. The van der Waals surface area contributed by atoms with Crippen LogP contribution in [0.3, 0.4) is 0 Å². The van der Waals surface area contributed by atoms with Crippen molar-refractivity contribution in [1.82, 2.24) is 9.55 Å². The third kappa shape index (κ3) is 2.93. The molecule has 0 aliphatic heterocycles. The summed E-state index contributed by atoms with van der Waals surface area (Å²) in [6.07, 6.45) is 1.63. The van der Waals surface area contributed by atoms with Crippen molar-refractivity contribution in [2.75, 3.05) is 19.5 Å². The van der Waals surface area contributed by atoms with Crippen LogP contribution in [0.15, 0.2) is 24.4 Å². The molecule has 102 valence electrons. The van der Waals surface area contributed by atoms with Gasteiger partial charge in [0.05, 0.1) is 27.0 Å². The van der Waals surface area contributed by atoms with Crippen LogP contribution in [0.25, 0.3) is 0 Å². The molecule has 1 N–H and O–H groups in total. The van der Waals surface area contributed by atoms with E-state index in [9.17, 15) is 0 Å². The van der Waals surface area contributed by atoms with E-state index in [0.717, 1.165) is 11.5 Å². The predicted octanol–water partition coefficient (Wildman–Crippen LogP) is 2.70. The van der Waals surface area contributed by atoms with E-state index in [4.69, 9.17) is 21.1 Å². The van der Waals surface area contributed by atoms with Crippen molar-refractivity contribution < 1.29 is 9.47 Å². The summed E-state index contributed by atoms with van der Waals surface area (Å²) in [5, 5.41) is 3.88. The average molecular weight is 282 g/mol. The van der Waals surface area contributed by atoms with Gasteiger partial charge in [0.1, 0.15) is 11.0 Å². The van der Waals surface area contributed by atoms with Crippen LogP contribution in [0.4, 0.5) is 5.69 Å². The lowest BCUT2D eigenvalue weighted by atomic mass is 10.2. The highest BCUT2D eigenvalue weighted by molar-refractivity contribution is 6.29. The highest BCUT2D eigenvalue weighted by atomic mass is 35.5. The summed E-state index contributed by atoms with van der Waals surface area (Å²) in [5.74, 6) is 2.25. The minimum Gasteiger partial charge on any atom is -0.493 e. The zero-order chi connectivity index (χ0) is 13.8. The fraction of sp³-hybridized carbons (Fsp3) is 0.308. The fourth-order valence-corrected chi connectivity index (χ4v) is 1.86. The molecule has 2 rings (SSSR count). The maximum atomic E-state index is 5.93. The number of hydrogen-bond donors (Lipinski definition) is 1. The van der Waals surface area contributed by atoms with Gasteiger partial charge in [0, 0.05) is 18.8 Å². The molecule has 2 aromatic rings. The number of imidazole rings is 1. The van der Waals surface area contributed by atoms with Crippen molar-refractivity contribution in [1.29, 1.82) is 0 Å². The van der Waals surface area contributed by atoms with Gasteiger partial charge in [-0.2, -0.15) is 0 Å². The van der Waals surface area contributed by atoms with Crippen LogP contribution in [0.1, 0.15) is 5.82 Å². The molecule has 0 saturated carbocycles. The van der Waals surface area contributed by atoms with Gasteiger partial charge < -0.3 is 19.4 Å². The number of hydrogen-bond acceptors (Lipinski definition) is 4. The maximum Gasteiger partial charge on any atom is 0.162 e. The van der Waals surface area contributed by atoms with Gasteiger partial charge in [-0.15, -0.1) is 0 Å². The first kappa shape index (κ1) is 13.5. The zero-order valence-corrected chi connectivity index (χ0v) is 11.9. The Balaban J connectivity index is 2.09. The highest BCUT2D eigenvalue weighted by Crippen LogP contribution is 2.29. The van der Waals surface area contributed by atoms with Gasteiger partial charge in [-0.25, -0.2) is 4.98 Å². The van der Waals surface area contributed by atoms with Crippen LogP contribution in [-0.2, 0) is 13.6 Å². The van der Waals surface area contributed by atoms with Gasteiger partial charge in [0.15, 0.2) is 11.5 Å². The molecule has 0 aliphatic carbocycles. The summed E-state index contributed by atoms with van der Waals surface area (Å²) in [4.78, 5) is 4.22. The molecular formula is C13H16ClN3O2. The fourth-order valence-electron chi connectivity index (χ4n) is 1.72. The van der Waals surface area contributed by atoms with Gasteiger partial charge in [-0.05, 0) is 12.1 Å². The molecule has 0 fully saturated rings. The highest BCUT2D eigenvalue weighted by Gasteiger charge is 2.06. The first-order valence-electron chi connectivity index (χ1n) is 5.77. The molecule has 1 aromatic heterocycles. The normalized spacial score (nSPS) is 10.3. The van der Waals surface area contributed by atoms with Crippen molar-refractivity contribution in [3.05, 3.63) is 35.4 Å². The SMILES string of the molecule is COc1ccc(NCc2ncc(Cl)n2C)cc1OC. The van der Waals surface area contributed by atoms with Gasteiger partial charge in [0.2, 0.25) is 0 Å². The van der Waals surface area contributed by atoms with Crippen molar-refractivity contribution in [3.63, 3.8) is 0 Å². The van der Waals surface area contributed by atoms with Gasteiger partial charge in [0.25, 0.3) is 0 Å². The first-order valence-corrected chi connectivity index (χ1v) is 6.15. The zero-order valence-electron chi connectivity index (χ0n) is 11.1. The minimum atomic E-state index is 0.582. The van der Waals surface area contributed by atoms with E-state index >= 15 is 0 Å². The quantitative estimate of drug-likeness (QED) is 0.915. The van der Waals surface area contributed by atoms with Crippen LogP contribution >= 0.6 is 11.6 Å². The van der Waals surface area contributed by atoms with Crippen LogP contribution in [0.2, 0.25) is 5.15 Å². The van der Waals surface area contributed by atoms with E-state index in [1.165, 1.54) is 0 Å². The van der Waals surface area contributed by atoms with Gasteiger partial charge >= 0.3 is 0 Å². The standard InChI is InChI=1S/C13H16ClN3O2/c1-17-12(14)7-16-13(17)8-15-9-4-5-10(18-2)11(6-9)19-3/h4-7,15H,8H2,1-3H3. The number of benzene rings is 1. The molecule has 0 amide bonds. The Kier molecular flexibility index (Phi) is 4.16. The molecule has 0 aliphatic rings. The lowest BCUT2D eigenvalue weighted by Gasteiger charge is -2.11. The number of methoxy groups -OCH3 is 2. The monoisotopic (exact) mass is 281 g/mol. The summed E-state index contributed by atoms with van der Waals surface area (Å²) in [6.45, 7) is 0.582. The van der Waals surface area contributed by atoms with E-state index in [1.807, 2.05) is 29.8 Å². The summed E-state index contributed by atoms with van der Waals surface area (Å²) >= 11 is 5.93. The smallest absolute Gasteiger partial charge is 0.162 e. The molecule has 0 saturated heterocycles. The second-order valence-electron chi connectivity index (χ2n) is 3.98. The van der Waals surface area contributed by atoms with Crippen molar-refractivity contribution in [2.45, 2.75) is 6.54 Å². The topological polar surface area (TPSA) is 48.3 Å².